The molecular formula is C22H25N7O2. The number of nitrogens with zero attached hydrogens (tertiary/aromatic N) is 6. The van der Waals surface area contributed by atoms with Crippen molar-refractivity contribution in [1.82, 2.24) is 29.3 Å². The van der Waals surface area contributed by atoms with Crippen LogP contribution in [0.3, 0.4) is 0 Å². The molecule has 5 rings (SSSR count). The van der Waals surface area contributed by atoms with Crippen molar-refractivity contribution in [3.05, 3.63) is 64.3 Å². The largest absolute Gasteiger partial charge is 0.476 e. The number of aryl methyl sites for hydroxylation is 3. The van der Waals surface area contributed by atoms with E-state index in [4.69, 9.17) is 9.84 Å². The lowest BCUT2D eigenvalue weighted by Crippen LogP contribution is -2.24. The molecule has 9 nitrogen and oxygen atoms in total. The Morgan fingerprint density at radius 1 is 1.16 bits per heavy atom. The summed E-state index contributed by atoms with van der Waals surface area (Å²) in [6.45, 7) is 1.05. The molecule has 0 radical (unpaired) electrons. The lowest BCUT2D eigenvalue weighted by molar-refractivity contribution is 0.278. The Morgan fingerprint density at radius 2 is 2.00 bits per heavy atom. The number of hydrogen-bond donors (Lipinski definition) is 1. The van der Waals surface area contributed by atoms with Gasteiger partial charge in [-0.15, -0.1) is 5.10 Å². The van der Waals surface area contributed by atoms with Crippen molar-refractivity contribution in [3.63, 3.8) is 0 Å². The predicted octanol–water partition coefficient (Wildman–Crippen LogP) is 2.20. The van der Waals surface area contributed by atoms with E-state index >= 15 is 0 Å². The lowest BCUT2D eigenvalue weighted by atomic mass is 10.1. The molecule has 1 N–H and O–H groups in total. The Hall–Kier alpha value is -3.62. The van der Waals surface area contributed by atoms with Gasteiger partial charge in [-0.1, -0.05) is 18.2 Å². The fraction of sp³-hybridized carbons (Fsp3) is 0.364. The summed E-state index contributed by atoms with van der Waals surface area (Å²) in [5, 5.41) is 17.5. The maximum absolute atomic E-state index is 12.4. The van der Waals surface area contributed by atoms with E-state index in [1.54, 1.807) is 24.0 Å². The van der Waals surface area contributed by atoms with Crippen LogP contribution in [0.2, 0.25) is 0 Å². The van der Waals surface area contributed by atoms with Crippen molar-refractivity contribution in [3.8, 4) is 5.88 Å². The summed E-state index contributed by atoms with van der Waals surface area (Å²) in [7, 11) is 5.47. The third-order valence-electron chi connectivity index (χ3n) is 5.79. The molecule has 31 heavy (non-hydrogen) atoms. The third kappa shape index (κ3) is 3.78. The van der Waals surface area contributed by atoms with E-state index in [-0.39, 0.29) is 5.56 Å². The van der Waals surface area contributed by atoms with Gasteiger partial charge in [0.25, 0.3) is 5.56 Å². The molecule has 0 bridgehead atoms. The summed E-state index contributed by atoms with van der Waals surface area (Å²) in [5.74, 6) is 1.22. The van der Waals surface area contributed by atoms with E-state index in [0.717, 1.165) is 23.2 Å². The first-order chi connectivity index (χ1) is 15.0. The summed E-state index contributed by atoms with van der Waals surface area (Å²) < 4.78 is 10.9. The molecule has 3 heterocycles. The van der Waals surface area contributed by atoms with Gasteiger partial charge >= 0.3 is 0 Å². The number of hydrogen-bond acceptors (Lipinski definition) is 6. The standard InChI is InChI=1S/C22H25N7O2/c1-27-12-14(11-24-27)10-23-18-9-20(25-29(3)22(18)30)31-13-15-8-17(15)21-16-6-4-5-7-19(16)28(2)26-21/h4-7,9,11-12,15,17,23H,8,10,13H2,1-3H3/t15-,17+/m1/s1. The average Bonchev–Trinajstić information content (AvgIpc) is 3.29. The fourth-order valence-corrected chi connectivity index (χ4v) is 4.01. The van der Waals surface area contributed by atoms with Crippen molar-refractivity contribution < 1.29 is 4.74 Å². The molecule has 160 valence electrons. The highest BCUT2D eigenvalue weighted by Crippen LogP contribution is 2.48. The number of rotatable bonds is 7. The molecule has 1 saturated carbocycles. The second-order valence-corrected chi connectivity index (χ2v) is 8.14. The van der Waals surface area contributed by atoms with Crippen LogP contribution in [0.1, 0.15) is 23.6 Å². The van der Waals surface area contributed by atoms with E-state index in [1.165, 1.54) is 10.1 Å². The van der Waals surface area contributed by atoms with Crippen LogP contribution in [0.25, 0.3) is 10.9 Å². The third-order valence-corrected chi connectivity index (χ3v) is 5.79. The molecule has 4 aromatic rings. The first-order valence-corrected chi connectivity index (χ1v) is 10.3. The zero-order valence-electron chi connectivity index (χ0n) is 17.8. The quantitative estimate of drug-likeness (QED) is 0.494. The lowest BCUT2D eigenvalue weighted by Gasteiger charge is -2.10. The maximum Gasteiger partial charge on any atom is 0.290 e. The van der Waals surface area contributed by atoms with E-state index < -0.39 is 0 Å². The molecule has 2 atom stereocenters. The summed E-state index contributed by atoms with van der Waals surface area (Å²) in [6, 6.07) is 9.98. The molecule has 1 aliphatic rings. The highest BCUT2D eigenvalue weighted by atomic mass is 16.5. The van der Waals surface area contributed by atoms with Crippen LogP contribution in [0, 0.1) is 5.92 Å². The van der Waals surface area contributed by atoms with Crippen LogP contribution < -0.4 is 15.6 Å². The van der Waals surface area contributed by atoms with Crippen LogP contribution in [-0.2, 0) is 27.7 Å². The molecule has 3 aromatic heterocycles. The minimum atomic E-state index is -0.194. The minimum absolute atomic E-state index is 0.194. The Bertz CT molecular complexity index is 1300. The van der Waals surface area contributed by atoms with Gasteiger partial charge in [0.2, 0.25) is 5.88 Å². The molecule has 1 aliphatic carbocycles. The molecule has 1 fully saturated rings. The molecule has 0 saturated heterocycles. The smallest absolute Gasteiger partial charge is 0.290 e. The van der Waals surface area contributed by atoms with Gasteiger partial charge in [0.05, 0.1) is 24.0 Å². The van der Waals surface area contributed by atoms with E-state index in [2.05, 4.69) is 33.7 Å². The van der Waals surface area contributed by atoms with Gasteiger partial charge in [0.15, 0.2) is 0 Å². The Labute approximate surface area is 179 Å². The maximum atomic E-state index is 12.4. The van der Waals surface area contributed by atoms with Gasteiger partial charge in [-0.05, 0) is 12.5 Å². The molecule has 0 unspecified atom stereocenters. The number of fused-ring (bicyclic) bond motifs is 1. The summed E-state index contributed by atoms with van der Waals surface area (Å²) in [5.41, 5.74) is 3.54. The molecule has 1 aromatic carbocycles. The zero-order valence-corrected chi connectivity index (χ0v) is 17.8. The number of ether oxygens (including phenoxy) is 1. The highest BCUT2D eigenvalue weighted by molar-refractivity contribution is 5.82. The van der Waals surface area contributed by atoms with Gasteiger partial charge in [0, 0.05) is 62.7 Å². The number of benzene rings is 1. The van der Waals surface area contributed by atoms with Gasteiger partial charge in [0.1, 0.15) is 5.69 Å². The van der Waals surface area contributed by atoms with Gasteiger partial charge in [-0.3, -0.25) is 14.2 Å². The van der Waals surface area contributed by atoms with E-state index in [0.29, 0.717) is 36.6 Å². The highest BCUT2D eigenvalue weighted by Gasteiger charge is 2.42. The predicted molar refractivity (Wildman–Crippen MR) is 117 cm³/mol. The fourth-order valence-electron chi connectivity index (χ4n) is 4.01. The normalized spacial score (nSPS) is 17.8. The Balaban J connectivity index is 1.25. The Morgan fingerprint density at radius 3 is 2.81 bits per heavy atom. The second kappa shape index (κ2) is 7.57. The van der Waals surface area contributed by atoms with Gasteiger partial charge in [-0.25, -0.2) is 4.68 Å². The SMILES string of the molecule is Cn1cc(CNc2cc(OC[C@H]3C[C@@H]3c3nn(C)c4ccccc34)nn(C)c2=O)cn1. The molecule has 0 aliphatic heterocycles. The first kappa shape index (κ1) is 19.3. The second-order valence-electron chi connectivity index (χ2n) is 8.14. The topological polar surface area (TPSA) is 91.8 Å². The van der Waals surface area contributed by atoms with Crippen molar-refractivity contribution in [2.75, 3.05) is 11.9 Å². The number of para-hydroxylation sites is 1. The molecular weight excluding hydrogens is 394 g/mol. The van der Waals surface area contributed by atoms with Gasteiger partial charge in [-0.2, -0.15) is 10.2 Å². The van der Waals surface area contributed by atoms with Crippen LogP contribution in [-0.4, -0.2) is 35.9 Å². The van der Waals surface area contributed by atoms with Crippen LogP contribution in [0.5, 0.6) is 5.88 Å². The zero-order chi connectivity index (χ0) is 21.5. The van der Waals surface area contributed by atoms with Crippen molar-refractivity contribution in [1.29, 1.82) is 0 Å². The monoisotopic (exact) mass is 419 g/mol. The number of anilines is 1. The molecule has 0 amide bonds. The first-order valence-electron chi connectivity index (χ1n) is 10.3. The van der Waals surface area contributed by atoms with Crippen LogP contribution in [0.15, 0.2) is 47.5 Å². The van der Waals surface area contributed by atoms with E-state index in [9.17, 15) is 4.79 Å². The molecule has 0 spiro atoms. The Kier molecular flexibility index (Phi) is 4.72. The number of aromatic nitrogens is 6. The number of nitrogens with one attached hydrogen (secondary N) is 1. The van der Waals surface area contributed by atoms with Crippen LogP contribution >= 0.6 is 0 Å². The van der Waals surface area contributed by atoms with E-state index in [1.807, 2.05) is 31.0 Å². The van der Waals surface area contributed by atoms with Gasteiger partial charge < -0.3 is 10.1 Å². The average molecular weight is 419 g/mol. The van der Waals surface area contributed by atoms with Crippen LogP contribution in [0.4, 0.5) is 5.69 Å². The summed E-state index contributed by atoms with van der Waals surface area (Å²) >= 11 is 0. The minimum Gasteiger partial charge on any atom is -0.476 e. The van der Waals surface area contributed by atoms with Crippen molar-refractivity contribution in [2.24, 2.45) is 27.1 Å². The molecule has 9 heteroatoms. The summed E-state index contributed by atoms with van der Waals surface area (Å²) in [6.07, 6.45) is 4.72. The van der Waals surface area contributed by atoms with Crippen molar-refractivity contribution in [2.45, 2.75) is 18.9 Å². The van der Waals surface area contributed by atoms with Crippen molar-refractivity contribution >= 4 is 16.6 Å². The summed E-state index contributed by atoms with van der Waals surface area (Å²) in [4.78, 5) is 12.4.